The summed E-state index contributed by atoms with van der Waals surface area (Å²) < 4.78 is 106. The molecule has 0 bridgehead atoms. The third-order valence-corrected chi connectivity index (χ3v) is 1.75. The highest BCUT2D eigenvalue weighted by molar-refractivity contribution is 7.05. The second kappa shape index (κ2) is 3.30. The molecule has 0 fully saturated rings. The second-order valence-corrected chi connectivity index (χ2v) is 2.69. The molecule has 0 unspecified atom stereocenters. The summed E-state index contributed by atoms with van der Waals surface area (Å²) >= 11 is 0. The van der Waals surface area contributed by atoms with E-state index in [1.165, 1.54) is 0 Å². The molecule has 0 amide bonds. The number of rotatable bonds is 1. The lowest BCUT2D eigenvalue weighted by Crippen LogP contribution is -2.73. The molecular weight excluding hydrogens is 246 g/mol. The van der Waals surface area contributed by atoms with Gasteiger partial charge in [-0.05, 0) is 6.19 Å². The Morgan fingerprint density at radius 1 is 0.667 bits per heavy atom. The van der Waals surface area contributed by atoms with E-state index in [0.717, 1.165) is 0 Å². The Bertz CT molecular complexity index is 210. The van der Waals surface area contributed by atoms with Gasteiger partial charge in [0.1, 0.15) is 0 Å². The van der Waals surface area contributed by atoms with Crippen molar-refractivity contribution in [3.05, 3.63) is 0 Å². The molecule has 0 saturated carbocycles. The van der Waals surface area contributed by atoms with E-state index in [2.05, 4.69) is 0 Å². The van der Waals surface area contributed by atoms with E-state index in [1.807, 2.05) is 0 Å². The van der Waals surface area contributed by atoms with Gasteiger partial charge in [0, 0.05) is 0 Å². The van der Waals surface area contributed by atoms with Crippen molar-refractivity contribution in [3.8, 4) is 0 Å². The molecule has 0 saturated heterocycles. The van der Waals surface area contributed by atoms with Crippen LogP contribution in [0.3, 0.4) is 0 Å². The minimum atomic E-state index is -7.10. The van der Waals surface area contributed by atoms with Gasteiger partial charge in [-0.1, -0.05) is 0 Å². The fourth-order valence-electron chi connectivity index (χ4n) is 0.788. The Labute approximate surface area is 76.1 Å². The van der Waals surface area contributed by atoms with E-state index in [4.69, 9.17) is 0 Å². The topological polar surface area (TPSA) is 17.1 Å². The van der Waals surface area contributed by atoms with E-state index >= 15 is 0 Å². The normalized spacial score (nSPS) is 15.3. The van der Waals surface area contributed by atoms with Crippen molar-refractivity contribution in [3.63, 3.8) is 0 Å². The van der Waals surface area contributed by atoms with E-state index < -0.39 is 30.6 Å². The molecule has 0 heterocycles. The fourth-order valence-corrected chi connectivity index (χ4v) is 0.788. The first-order valence-corrected chi connectivity index (χ1v) is 3.14. The number of hydrogen-bond acceptors (Lipinski definition) is 1. The Morgan fingerprint density at radius 2 is 0.867 bits per heavy atom. The zero-order chi connectivity index (χ0) is 12.7. The molecule has 15 heavy (non-hydrogen) atoms. The third kappa shape index (κ3) is 1.91. The van der Waals surface area contributed by atoms with Crippen LogP contribution in [-0.2, 0) is 4.79 Å². The zero-order valence-electron chi connectivity index (χ0n) is 6.46. The number of carbonyl (C=O) groups excluding carboxylic acids is 1. The van der Waals surface area contributed by atoms with E-state index in [0.29, 0.717) is 0 Å². The highest BCUT2D eigenvalue weighted by Gasteiger charge is 2.79. The number of carbonyl (C=O) groups is 1. The van der Waals surface area contributed by atoms with Crippen LogP contribution in [0.4, 0.5) is 39.5 Å². The minimum absolute atomic E-state index is 2.12. The summed E-state index contributed by atoms with van der Waals surface area (Å²) in [6.45, 7) is 0. The first-order chi connectivity index (χ1) is 6.31. The van der Waals surface area contributed by atoms with Crippen LogP contribution < -0.4 is 0 Å². The predicted octanol–water partition coefficient (Wildman–Crippen LogP) is 2.51. The molecule has 0 spiro atoms. The third-order valence-electron chi connectivity index (χ3n) is 1.75. The van der Waals surface area contributed by atoms with Crippen molar-refractivity contribution < 1.29 is 44.3 Å². The van der Waals surface area contributed by atoms with Crippen LogP contribution in [-0.4, -0.2) is 30.6 Å². The van der Waals surface area contributed by atoms with Crippen LogP contribution in [0.15, 0.2) is 0 Å². The summed E-state index contributed by atoms with van der Waals surface area (Å²) in [6.07, 6.45) is -29.4. The summed E-state index contributed by atoms with van der Waals surface area (Å²) in [4.78, 5) is 9.63. The monoisotopic (exact) mass is 247 g/mol. The van der Waals surface area contributed by atoms with Crippen molar-refractivity contribution in [2.45, 2.75) is 18.2 Å². The average molecular weight is 247 g/mol. The molecule has 0 aromatic carbocycles. The van der Waals surface area contributed by atoms with Crippen LogP contribution in [0, 0.1) is 0 Å². The SMILES string of the molecule is O=C[B-](C(F)(F)F)(C(F)(F)F)C(F)(F)F. The van der Waals surface area contributed by atoms with Crippen molar-refractivity contribution in [2.24, 2.45) is 0 Å². The van der Waals surface area contributed by atoms with Gasteiger partial charge < -0.3 is 4.79 Å². The molecule has 1 nitrogen and oxygen atoms in total. The summed E-state index contributed by atoms with van der Waals surface area (Å²) in [5.74, 6) is 0. The van der Waals surface area contributed by atoms with E-state index in [1.54, 1.807) is 0 Å². The van der Waals surface area contributed by atoms with Crippen molar-refractivity contribution in [2.75, 3.05) is 0 Å². The van der Waals surface area contributed by atoms with Gasteiger partial charge in [0.25, 0.3) is 18.2 Å². The molecule has 0 atom stereocenters. The molecule has 0 N–H and O–H groups in total. The van der Waals surface area contributed by atoms with Crippen molar-refractivity contribution >= 4 is 12.3 Å². The van der Waals surface area contributed by atoms with Gasteiger partial charge in [-0.15, -0.1) is 0 Å². The maximum absolute atomic E-state index is 11.7. The highest BCUT2D eigenvalue weighted by atomic mass is 19.4. The Hall–Kier alpha value is -0.895. The molecular formula is C4HBF9O-. The quantitative estimate of drug-likeness (QED) is 0.395. The Balaban J connectivity index is 5.89. The Morgan fingerprint density at radius 3 is 0.867 bits per heavy atom. The number of alkyl halides is 9. The highest BCUT2D eigenvalue weighted by Crippen LogP contribution is 2.48. The molecule has 0 aliphatic rings. The van der Waals surface area contributed by atoms with Gasteiger partial charge in [-0.3, -0.25) is 0 Å². The van der Waals surface area contributed by atoms with E-state index in [-0.39, 0.29) is 0 Å². The largest absolute Gasteiger partial charge is 0.403 e. The lowest BCUT2D eigenvalue weighted by atomic mass is 9.23. The van der Waals surface area contributed by atoms with E-state index in [9.17, 15) is 44.3 Å². The van der Waals surface area contributed by atoms with Gasteiger partial charge >= 0.3 is 6.15 Å². The molecule has 11 heteroatoms. The summed E-state index contributed by atoms with van der Waals surface area (Å²) in [7, 11) is 0. The molecule has 0 aromatic heterocycles. The van der Waals surface area contributed by atoms with Crippen LogP contribution in [0.25, 0.3) is 0 Å². The van der Waals surface area contributed by atoms with Gasteiger partial charge in [0.05, 0.1) is 0 Å². The van der Waals surface area contributed by atoms with Gasteiger partial charge in [-0.25, -0.2) is 39.5 Å². The molecule has 90 valence electrons. The van der Waals surface area contributed by atoms with Crippen LogP contribution in [0.5, 0.6) is 0 Å². The summed E-state index contributed by atoms with van der Waals surface area (Å²) in [5, 5.41) is 0. The molecule has 0 aliphatic heterocycles. The van der Waals surface area contributed by atoms with Crippen LogP contribution >= 0.6 is 0 Å². The average Bonchev–Trinajstić information content (AvgIpc) is 1.76. The maximum atomic E-state index is 11.7. The van der Waals surface area contributed by atoms with Crippen molar-refractivity contribution in [1.29, 1.82) is 0 Å². The van der Waals surface area contributed by atoms with Gasteiger partial charge in [0.15, 0.2) is 0 Å². The Kier molecular flexibility index (Phi) is 3.11. The minimum Gasteiger partial charge on any atom is -0.349 e. The molecule has 0 rings (SSSR count). The first-order valence-electron chi connectivity index (χ1n) is 3.14. The van der Waals surface area contributed by atoms with Crippen molar-refractivity contribution in [1.82, 2.24) is 0 Å². The van der Waals surface area contributed by atoms with Gasteiger partial charge in [-0.2, -0.15) is 0 Å². The number of hydrogen-bond donors (Lipinski definition) is 0. The van der Waals surface area contributed by atoms with Crippen LogP contribution in [0.1, 0.15) is 0 Å². The smallest absolute Gasteiger partial charge is 0.349 e. The molecule has 0 aliphatic carbocycles. The molecule has 0 radical (unpaired) electrons. The summed E-state index contributed by atoms with van der Waals surface area (Å²) in [5.41, 5.74) is 0. The molecule has 0 aromatic rings. The predicted molar refractivity (Wildman–Crippen MR) is 30.7 cm³/mol. The zero-order valence-corrected chi connectivity index (χ0v) is 6.46. The standard InChI is InChI=1S/C4HBF9O/c6-2(7,8)5(1-15,3(9,10)11)4(12,13)14/h1H/q-1. The summed E-state index contributed by atoms with van der Waals surface area (Å²) in [6, 6.07) is 0. The lowest BCUT2D eigenvalue weighted by Gasteiger charge is -2.39. The first kappa shape index (κ1) is 14.1. The maximum Gasteiger partial charge on any atom is 0.403 e. The lowest BCUT2D eigenvalue weighted by molar-refractivity contribution is -0.157. The number of halogens is 9. The van der Waals surface area contributed by atoms with Gasteiger partial charge in [0.2, 0.25) is 0 Å². The van der Waals surface area contributed by atoms with Crippen LogP contribution in [0.2, 0.25) is 0 Å². The second-order valence-electron chi connectivity index (χ2n) is 2.69. The fraction of sp³-hybridized carbons (Fsp3) is 0.750.